The van der Waals surface area contributed by atoms with Crippen LogP contribution in [-0.4, -0.2) is 48.7 Å². The number of unbranched alkanes of at least 4 members (excludes halogenated alkanes) is 2. The van der Waals surface area contributed by atoms with Crippen molar-refractivity contribution in [2.75, 3.05) is 6.61 Å². The fourth-order valence-electron chi connectivity index (χ4n) is 0.512. The third kappa shape index (κ3) is 12.2. The van der Waals surface area contributed by atoms with Crippen LogP contribution in [0.2, 0.25) is 0 Å². The molecule has 0 amide bonds. The van der Waals surface area contributed by atoms with Crippen LogP contribution in [0.5, 0.6) is 0 Å². The number of ether oxygens (including phenoxy) is 1. The summed E-state index contributed by atoms with van der Waals surface area (Å²) < 4.78 is 5.29. The molecule has 0 aliphatic rings. The van der Waals surface area contributed by atoms with Crippen molar-refractivity contribution in [1.82, 2.24) is 0 Å². The van der Waals surface area contributed by atoms with Gasteiger partial charge < -0.3 is 4.74 Å². The zero-order chi connectivity index (χ0) is 7.11. The first kappa shape index (κ1) is 14.0. The molecule has 0 saturated carbocycles. The van der Waals surface area contributed by atoms with E-state index >= 15 is 0 Å². The van der Waals surface area contributed by atoms with Crippen LogP contribution >= 0.6 is 24.8 Å². The number of hydrogen-bond donors (Lipinski definition) is 1. The molecular weight excluding hydrogens is 192 g/mol. The Morgan fingerprint density at radius 2 is 2.10 bits per heavy atom. The molecule has 0 radical (unpaired) electrons. The third-order valence-electron chi connectivity index (χ3n) is 0.973. The van der Waals surface area contributed by atoms with Crippen molar-refractivity contribution in [1.29, 1.82) is 0 Å². The van der Waals surface area contributed by atoms with Gasteiger partial charge in [-0.05, 0) is 18.6 Å². The molecule has 0 atom stereocenters. The molecule has 0 aliphatic carbocycles. The molecule has 10 heavy (non-hydrogen) atoms. The number of thiocarbonyl (C=S) groups is 1. The fraction of sp³-hybridized carbons (Fsp3) is 0.833. The Labute approximate surface area is 103 Å². The monoisotopic (exact) mass is 206 g/mol. The van der Waals surface area contributed by atoms with Gasteiger partial charge in [0.05, 0.1) is 6.61 Å². The van der Waals surface area contributed by atoms with Gasteiger partial charge in [-0.2, -0.15) is 0 Å². The van der Waals surface area contributed by atoms with Gasteiger partial charge in [-0.15, -0.1) is 0 Å². The van der Waals surface area contributed by atoms with E-state index < -0.39 is 0 Å². The number of hydrogen-bond acceptors (Lipinski definition) is 2. The first-order chi connectivity index (χ1) is 4.27. The zero-order valence-corrected chi connectivity index (χ0v) is 7.30. The van der Waals surface area contributed by atoms with Crippen LogP contribution < -0.4 is 0 Å². The standard InChI is InChI=1S/C6H12OS2.Ca.2H/c1-2-3-4-5-7-6(8)9;;;/h2-5H2,1H3,(H,8,9);;;. The summed E-state index contributed by atoms with van der Waals surface area (Å²) in [4.78, 5) is 0. The molecule has 0 heterocycles. The van der Waals surface area contributed by atoms with Crippen LogP contribution in [-0.2, 0) is 4.74 Å². The Kier molecular flexibility index (Phi) is 14.8. The normalized spacial score (nSPS) is 8.20. The van der Waals surface area contributed by atoms with Crippen LogP contribution in [0, 0.1) is 0 Å². The summed E-state index contributed by atoms with van der Waals surface area (Å²) in [7, 11) is 0. The zero-order valence-electron chi connectivity index (χ0n) is 5.59. The summed E-state index contributed by atoms with van der Waals surface area (Å²) in [5.41, 5.74) is 0. The van der Waals surface area contributed by atoms with E-state index in [1.54, 1.807) is 0 Å². The molecule has 0 N–H and O–H groups in total. The summed E-state index contributed by atoms with van der Waals surface area (Å²) >= 11 is 8.40. The second kappa shape index (κ2) is 10.5. The van der Waals surface area contributed by atoms with Crippen LogP contribution in [0.3, 0.4) is 0 Å². The fourth-order valence-corrected chi connectivity index (χ4v) is 0.686. The Morgan fingerprint density at radius 3 is 2.50 bits per heavy atom. The molecule has 4 heteroatoms. The predicted octanol–water partition coefficient (Wildman–Crippen LogP) is 1.49. The van der Waals surface area contributed by atoms with Crippen LogP contribution in [0.1, 0.15) is 26.2 Å². The second-order valence-corrected chi connectivity index (χ2v) is 2.90. The quantitative estimate of drug-likeness (QED) is 0.323. The van der Waals surface area contributed by atoms with Crippen LogP contribution in [0.4, 0.5) is 0 Å². The molecule has 1 nitrogen and oxygen atoms in total. The van der Waals surface area contributed by atoms with Crippen molar-refractivity contribution < 1.29 is 4.74 Å². The maximum atomic E-state index is 4.94. The Bertz CT molecular complexity index is 87.8. The van der Waals surface area contributed by atoms with Crippen molar-refractivity contribution in [3.63, 3.8) is 0 Å². The van der Waals surface area contributed by atoms with Gasteiger partial charge in [0.1, 0.15) is 0 Å². The van der Waals surface area contributed by atoms with Gasteiger partial charge in [-0.25, -0.2) is 0 Å². The van der Waals surface area contributed by atoms with E-state index in [1.807, 2.05) is 0 Å². The van der Waals surface area contributed by atoms with E-state index in [9.17, 15) is 0 Å². The Morgan fingerprint density at radius 1 is 1.50 bits per heavy atom. The van der Waals surface area contributed by atoms with E-state index in [2.05, 4.69) is 31.8 Å². The first-order valence-electron chi connectivity index (χ1n) is 3.13. The average Bonchev–Trinajstić information content (AvgIpc) is 1.80. The number of thiol groups is 1. The molecule has 0 unspecified atom stereocenters. The molecule has 0 aromatic heterocycles. The van der Waals surface area contributed by atoms with Gasteiger partial charge in [0.15, 0.2) is 0 Å². The molecule has 0 spiro atoms. The van der Waals surface area contributed by atoms with E-state index in [4.69, 9.17) is 4.74 Å². The maximum absolute atomic E-state index is 4.94. The van der Waals surface area contributed by atoms with E-state index in [0.717, 1.165) is 13.0 Å². The van der Waals surface area contributed by atoms with Crippen molar-refractivity contribution in [3.05, 3.63) is 0 Å². The Balaban J connectivity index is 0. The van der Waals surface area contributed by atoms with E-state index in [1.165, 1.54) is 12.8 Å². The molecule has 0 saturated heterocycles. The Hall–Kier alpha value is 1.50. The molecular formula is C6H14CaOS2. The van der Waals surface area contributed by atoms with E-state index in [0.29, 0.717) is 4.38 Å². The molecule has 0 bridgehead atoms. The molecule has 0 fully saturated rings. The summed E-state index contributed by atoms with van der Waals surface area (Å²) in [6, 6.07) is 0. The van der Waals surface area contributed by atoms with E-state index in [-0.39, 0.29) is 37.7 Å². The van der Waals surface area contributed by atoms with Gasteiger partial charge >= 0.3 is 37.7 Å². The first-order valence-corrected chi connectivity index (χ1v) is 3.98. The van der Waals surface area contributed by atoms with Crippen LogP contribution in [0.15, 0.2) is 0 Å². The van der Waals surface area contributed by atoms with Gasteiger partial charge in [-0.1, -0.05) is 32.4 Å². The molecule has 0 aliphatic heterocycles. The van der Waals surface area contributed by atoms with Crippen LogP contribution in [0.25, 0.3) is 0 Å². The topological polar surface area (TPSA) is 9.23 Å². The third-order valence-corrected chi connectivity index (χ3v) is 1.22. The van der Waals surface area contributed by atoms with Gasteiger partial charge in [0.25, 0.3) is 0 Å². The van der Waals surface area contributed by atoms with Gasteiger partial charge in [-0.3, -0.25) is 0 Å². The summed E-state index contributed by atoms with van der Waals surface area (Å²) in [6.45, 7) is 2.87. The van der Waals surface area contributed by atoms with Crippen molar-refractivity contribution in [3.8, 4) is 0 Å². The summed E-state index contributed by atoms with van der Waals surface area (Å²) in [6.07, 6.45) is 3.50. The number of rotatable bonds is 4. The van der Waals surface area contributed by atoms with Gasteiger partial charge in [0, 0.05) is 0 Å². The minimum absolute atomic E-state index is 0. The molecule has 58 valence electrons. The SMILES string of the molecule is CCCCCOC(=S)S.[CaH2]. The molecule has 0 rings (SSSR count). The minimum atomic E-state index is 0. The molecule has 0 aromatic carbocycles. The molecule has 0 aromatic rings. The summed E-state index contributed by atoms with van der Waals surface area (Å²) in [5.74, 6) is 0. The van der Waals surface area contributed by atoms with Crippen molar-refractivity contribution in [2.45, 2.75) is 26.2 Å². The summed E-state index contributed by atoms with van der Waals surface area (Å²) in [5, 5.41) is 0. The second-order valence-electron chi connectivity index (χ2n) is 1.82. The van der Waals surface area contributed by atoms with Gasteiger partial charge in [0.2, 0.25) is 4.38 Å². The van der Waals surface area contributed by atoms with Crippen molar-refractivity contribution >= 4 is 67.0 Å². The van der Waals surface area contributed by atoms with Crippen molar-refractivity contribution in [2.24, 2.45) is 0 Å². The predicted molar refractivity (Wildman–Crippen MR) is 55.6 cm³/mol. The average molecular weight is 206 g/mol.